The first kappa shape index (κ1) is 9.24. The van der Waals surface area contributed by atoms with E-state index in [1.807, 2.05) is 0 Å². The van der Waals surface area contributed by atoms with Crippen LogP contribution in [0.15, 0.2) is 0 Å². The quantitative estimate of drug-likeness (QED) is 0.586. The molecule has 0 nitrogen and oxygen atoms in total. The molecule has 0 aromatic rings. The van der Waals surface area contributed by atoms with E-state index in [-0.39, 0.29) is 0 Å². The van der Waals surface area contributed by atoms with E-state index in [1.165, 1.54) is 24.7 Å². The Labute approximate surface area is 88.5 Å². The van der Waals surface area contributed by atoms with Crippen molar-refractivity contribution in [3.8, 4) is 0 Å². The van der Waals surface area contributed by atoms with Gasteiger partial charge in [-0.05, 0) is 61.2 Å². The molecular weight excluding hydrogens is 168 g/mol. The summed E-state index contributed by atoms with van der Waals surface area (Å²) in [6.45, 7) is 4.90. The molecule has 0 bridgehead atoms. The third kappa shape index (κ3) is 1.33. The van der Waals surface area contributed by atoms with Crippen LogP contribution in [0.1, 0.15) is 52.4 Å². The second kappa shape index (κ2) is 3.25. The van der Waals surface area contributed by atoms with E-state index in [1.54, 1.807) is 25.7 Å². The van der Waals surface area contributed by atoms with Crippen LogP contribution in [0.5, 0.6) is 0 Å². The average molecular weight is 192 g/mol. The highest BCUT2D eigenvalue weighted by atomic mass is 14.6. The Morgan fingerprint density at radius 3 is 2.50 bits per heavy atom. The Kier molecular flexibility index (Phi) is 2.15. The van der Waals surface area contributed by atoms with Crippen LogP contribution in [0.2, 0.25) is 0 Å². The van der Waals surface area contributed by atoms with E-state index in [0.29, 0.717) is 0 Å². The molecule has 3 saturated carbocycles. The van der Waals surface area contributed by atoms with Gasteiger partial charge in [0.15, 0.2) is 0 Å². The molecule has 80 valence electrons. The van der Waals surface area contributed by atoms with Gasteiger partial charge in [-0.15, -0.1) is 0 Å². The van der Waals surface area contributed by atoms with Gasteiger partial charge in [-0.1, -0.05) is 26.7 Å². The molecule has 0 N–H and O–H groups in total. The van der Waals surface area contributed by atoms with Crippen LogP contribution in [-0.2, 0) is 0 Å². The summed E-state index contributed by atoms with van der Waals surface area (Å²) in [5, 5.41) is 0. The fourth-order valence-corrected chi connectivity index (χ4v) is 4.74. The molecule has 3 fully saturated rings. The highest BCUT2D eigenvalue weighted by Gasteiger charge is 2.52. The van der Waals surface area contributed by atoms with Crippen molar-refractivity contribution in [3.63, 3.8) is 0 Å². The summed E-state index contributed by atoms with van der Waals surface area (Å²) < 4.78 is 0. The van der Waals surface area contributed by atoms with Gasteiger partial charge in [0, 0.05) is 0 Å². The van der Waals surface area contributed by atoms with E-state index in [4.69, 9.17) is 0 Å². The molecule has 0 aliphatic heterocycles. The molecule has 6 atom stereocenters. The Bertz CT molecular complexity index is 218. The number of hydrogen-bond donors (Lipinski definition) is 0. The Morgan fingerprint density at radius 2 is 1.71 bits per heavy atom. The maximum Gasteiger partial charge on any atom is -0.0352 e. The van der Waals surface area contributed by atoms with Crippen LogP contribution >= 0.6 is 0 Å². The maximum absolute atomic E-state index is 2.47. The van der Waals surface area contributed by atoms with Crippen molar-refractivity contribution in [3.05, 3.63) is 0 Å². The lowest BCUT2D eigenvalue weighted by Gasteiger charge is -2.43. The molecule has 3 aliphatic carbocycles. The summed E-state index contributed by atoms with van der Waals surface area (Å²) >= 11 is 0. The lowest BCUT2D eigenvalue weighted by atomic mass is 9.63. The first-order valence-electron chi connectivity index (χ1n) is 6.79. The van der Waals surface area contributed by atoms with Crippen molar-refractivity contribution in [2.24, 2.45) is 35.5 Å². The maximum atomic E-state index is 2.47. The van der Waals surface area contributed by atoms with Gasteiger partial charge in [-0.2, -0.15) is 0 Å². The van der Waals surface area contributed by atoms with Crippen molar-refractivity contribution in [1.82, 2.24) is 0 Å². The van der Waals surface area contributed by atoms with Gasteiger partial charge < -0.3 is 0 Å². The normalized spacial score (nSPS) is 56.1. The fourth-order valence-electron chi connectivity index (χ4n) is 4.74. The predicted molar refractivity (Wildman–Crippen MR) is 60.0 cm³/mol. The molecule has 3 aliphatic rings. The molecule has 3 rings (SSSR count). The zero-order valence-electron chi connectivity index (χ0n) is 9.71. The van der Waals surface area contributed by atoms with Gasteiger partial charge in [-0.3, -0.25) is 0 Å². The highest BCUT2D eigenvalue weighted by Crippen LogP contribution is 2.61. The summed E-state index contributed by atoms with van der Waals surface area (Å²) in [6, 6.07) is 0. The van der Waals surface area contributed by atoms with Gasteiger partial charge in [0.25, 0.3) is 0 Å². The number of rotatable bonds is 1. The zero-order chi connectivity index (χ0) is 9.71. The SMILES string of the molecule is CCC1C2CCC(C)CC2CC2CC21. The van der Waals surface area contributed by atoms with Crippen molar-refractivity contribution in [2.75, 3.05) is 0 Å². The van der Waals surface area contributed by atoms with Crippen molar-refractivity contribution < 1.29 is 0 Å². The average Bonchev–Trinajstić information content (AvgIpc) is 2.92. The van der Waals surface area contributed by atoms with Crippen molar-refractivity contribution in [2.45, 2.75) is 52.4 Å². The third-order valence-electron chi connectivity index (χ3n) is 5.46. The number of fused-ring (bicyclic) bond motifs is 2. The molecule has 0 spiro atoms. The molecule has 0 saturated heterocycles. The lowest BCUT2D eigenvalue weighted by molar-refractivity contribution is 0.0702. The van der Waals surface area contributed by atoms with E-state index >= 15 is 0 Å². The largest absolute Gasteiger partial charge is 0.0651 e. The van der Waals surface area contributed by atoms with Crippen LogP contribution < -0.4 is 0 Å². The van der Waals surface area contributed by atoms with Gasteiger partial charge in [0.2, 0.25) is 0 Å². The molecule has 0 heterocycles. The van der Waals surface area contributed by atoms with Gasteiger partial charge in [-0.25, -0.2) is 0 Å². The molecule has 6 unspecified atom stereocenters. The van der Waals surface area contributed by atoms with Crippen LogP contribution in [0.4, 0.5) is 0 Å². The van der Waals surface area contributed by atoms with Gasteiger partial charge in [0.05, 0.1) is 0 Å². The van der Waals surface area contributed by atoms with E-state index in [2.05, 4.69) is 13.8 Å². The first-order valence-corrected chi connectivity index (χ1v) is 6.79. The molecule has 0 radical (unpaired) electrons. The number of hydrogen-bond acceptors (Lipinski definition) is 0. The summed E-state index contributed by atoms with van der Waals surface area (Å²) in [5.41, 5.74) is 0. The Hall–Kier alpha value is 0. The first-order chi connectivity index (χ1) is 6.79. The fraction of sp³-hybridized carbons (Fsp3) is 1.00. The van der Waals surface area contributed by atoms with Crippen LogP contribution in [0.3, 0.4) is 0 Å². The Morgan fingerprint density at radius 1 is 0.929 bits per heavy atom. The van der Waals surface area contributed by atoms with Crippen LogP contribution in [0.25, 0.3) is 0 Å². The highest BCUT2D eigenvalue weighted by molar-refractivity contribution is 5.02. The lowest BCUT2D eigenvalue weighted by Crippen LogP contribution is -2.34. The topological polar surface area (TPSA) is 0 Å². The van der Waals surface area contributed by atoms with Crippen molar-refractivity contribution in [1.29, 1.82) is 0 Å². The second-order valence-corrected chi connectivity index (χ2v) is 6.31. The predicted octanol–water partition coefficient (Wildman–Crippen LogP) is 4.10. The van der Waals surface area contributed by atoms with Crippen molar-refractivity contribution >= 4 is 0 Å². The van der Waals surface area contributed by atoms with E-state index < -0.39 is 0 Å². The summed E-state index contributed by atoms with van der Waals surface area (Å²) in [7, 11) is 0. The van der Waals surface area contributed by atoms with E-state index in [0.717, 1.165) is 23.7 Å². The van der Waals surface area contributed by atoms with Gasteiger partial charge in [0.1, 0.15) is 0 Å². The minimum atomic E-state index is 1.03. The monoisotopic (exact) mass is 192 g/mol. The summed E-state index contributed by atoms with van der Waals surface area (Å²) in [5.74, 6) is 6.78. The molecule has 0 aromatic heterocycles. The summed E-state index contributed by atoms with van der Waals surface area (Å²) in [4.78, 5) is 0. The van der Waals surface area contributed by atoms with Crippen LogP contribution in [0, 0.1) is 35.5 Å². The second-order valence-electron chi connectivity index (χ2n) is 6.31. The third-order valence-corrected chi connectivity index (χ3v) is 5.46. The standard InChI is InChI=1S/C14H24/c1-3-12-13-5-4-9(2)6-10(13)7-11-8-14(11)12/h9-14H,3-8H2,1-2H3. The van der Waals surface area contributed by atoms with Crippen LogP contribution in [-0.4, -0.2) is 0 Å². The summed E-state index contributed by atoms with van der Waals surface area (Å²) in [6.07, 6.45) is 9.32. The zero-order valence-corrected chi connectivity index (χ0v) is 9.71. The Balaban J connectivity index is 1.76. The molecule has 0 amide bonds. The minimum Gasteiger partial charge on any atom is -0.0651 e. The molecule has 0 heteroatoms. The molecule has 14 heavy (non-hydrogen) atoms. The van der Waals surface area contributed by atoms with E-state index in [9.17, 15) is 0 Å². The van der Waals surface area contributed by atoms with Gasteiger partial charge >= 0.3 is 0 Å². The molecular formula is C14H24. The smallest absolute Gasteiger partial charge is 0.0352 e. The minimum absolute atomic E-state index is 1.03. The molecule has 0 aromatic carbocycles.